The lowest BCUT2D eigenvalue weighted by molar-refractivity contribution is -0.292. The van der Waals surface area contributed by atoms with Crippen LogP contribution in [0.3, 0.4) is 0 Å². The molecule has 9 saturated heterocycles. The van der Waals surface area contributed by atoms with Crippen molar-refractivity contribution in [1.82, 2.24) is 4.90 Å². The number of benzene rings is 2. The molecule has 4 unspecified atom stereocenters. The summed E-state index contributed by atoms with van der Waals surface area (Å²) in [4.78, 5) is 41.0. The Morgan fingerprint density at radius 1 is 0.763 bits per heavy atom. The Kier molecular flexibility index (Phi) is 15.5. The summed E-state index contributed by atoms with van der Waals surface area (Å²) in [5.41, 5.74) is 4.47. The fraction of sp³-hybridized carbons (Fsp3) is 0.694. The fourth-order valence-corrected chi connectivity index (χ4v) is 15.7. The van der Waals surface area contributed by atoms with Gasteiger partial charge in [-0.2, -0.15) is 0 Å². The number of hydrogen-bond donors (Lipinski definition) is 0. The summed E-state index contributed by atoms with van der Waals surface area (Å²) < 4.78 is 62.0. The minimum Gasteiger partial charge on any atom is -0.412 e. The van der Waals surface area contributed by atoms with Gasteiger partial charge in [-0.25, -0.2) is 0 Å². The third kappa shape index (κ3) is 10.8. The Bertz CT molecular complexity index is 2460. The fourth-order valence-electron chi connectivity index (χ4n) is 14.4. The van der Waals surface area contributed by atoms with E-state index in [-0.39, 0.29) is 132 Å². The molecule has 0 radical (unpaired) electrons. The molecule has 10 aliphatic rings. The first kappa shape index (κ1) is 54.5. The number of aryl methyl sites for hydroxylation is 1. The molecule has 6 bridgehead atoms. The summed E-state index contributed by atoms with van der Waals surface area (Å²) in [5.74, 6) is -0.463. The summed E-state index contributed by atoms with van der Waals surface area (Å²) in [6.07, 6.45) is 8.43. The number of hydrogen-bond acceptors (Lipinski definition) is 12. The van der Waals surface area contributed by atoms with E-state index in [0.717, 1.165) is 68.9 Å². The lowest BCUT2D eigenvalue weighted by Gasteiger charge is -2.47. The smallest absolute Gasteiger partial charge is 0.261 e. The topological polar surface area (TPSA) is 138 Å². The summed E-state index contributed by atoms with van der Waals surface area (Å²) in [6, 6.07) is 17.8. The standard InChI is InChI=1S/C62H85NO12Si/c1-35-28-41(21-24-48-36(2)29-43(67-48)26-27-62-33-53-55(73-62)56-57(72-53)58(74-62)54-49(71-56)25-22-42(69-54)30-37(3)64)68-51(38(35)4)32-52-45(23-20-40-16-12-11-13-17-40)39(5)50(70-52)31-44(75-76(9,10)61(6,7)8)34-63-59(65)46-18-14-15-19-47(46)60(63)66/h11-19,35,39,41-45,48-58H,2,4,20-34H2,1,3,5-10H3/t35-,39-,41+,42-,43+,44+,45?,48?,49+,50-,51-,52?,53+,54+,55+,56+,57-,58+,62?/m1/s1. The maximum absolute atomic E-state index is 13.8. The first-order valence-electron chi connectivity index (χ1n) is 29.0. The quantitative estimate of drug-likeness (QED) is 0.0752. The second kappa shape index (κ2) is 21.6. The van der Waals surface area contributed by atoms with Crippen molar-refractivity contribution in [1.29, 1.82) is 0 Å². The van der Waals surface area contributed by atoms with Gasteiger partial charge in [-0.05, 0) is 129 Å². The number of fused-ring (bicyclic) bond motifs is 2. The zero-order valence-electron chi connectivity index (χ0n) is 46.5. The minimum absolute atomic E-state index is 0.00652. The number of carbonyl (C=O) groups excluding carboxylic acids is 3. The van der Waals surface area contributed by atoms with Gasteiger partial charge in [-0.1, -0.05) is 90.2 Å². The number of imide groups is 1. The van der Waals surface area contributed by atoms with Crippen LogP contribution in [0.4, 0.5) is 0 Å². The van der Waals surface area contributed by atoms with Gasteiger partial charge in [-0.15, -0.1) is 0 Å². The Balaban J connectivity index is 0.728. The van der Waals surface area contributed by atoms with E-state index in [1.807, 2.05) is 12.1 Å². The van der Waals surface area contributed by atoms with Crippen molar-refractivity contribution < 1.29 is 56.7 Å². The second-order valence-electron chi connectivity index (χ2n) is 25.9. The van der Waals surface area contributed by atoms with Crippen molar-refractivity contribution in [3.63, 3.8) is 0 Å². The van der Waals surface area contributed by atoms with Crippen molar-refractivity contribution in [3.05, 3.63) is 95.6 Å². The van der Waals surface area contributed by atoms with Crippen LogP contribution in [0.25, 0.3) is 0 Å². The van der Waals surface area contributed by atoms with E-state index in [4.69, 9.17) is 42.3 Å². The summed E-state index contributed by atoms with van der Waals surface area (Å²) >= 11 is 0. The first-order chi connectivity index (χ1) is 36.2. The first-order valence-corrected chi connectivity index (χ1v) is 31.9. The summed E-state index contributed by atoms with van der Waals surface area (Å²) in [5, 5.41) is -0.0775. The van der Waals surface area contributed by atoms with Gasteiger partial charge in [-0.3, -0.25) is 19.3 Å². The van der Waals surface area contributed by atoms with Crippen molar-refractivity contribution in [2.45, 2.75) is 247 Å². The third-order valence-electron chi connectivity index (χ3n) is 19.6. The largest absolute Gasteiger partial charge is 0.412 e. The average Bonchev–Trinajstić information content (AvgIpc) is 4.13. The van der Waals surface area contributed by atoms with Crippen molar-refractivity contribution in [3.8, 4) is 0 Å². The molecule has 0 aliphatic carbocycles. The van der Waals surface area contributed by atoms with E-state index >= 15 is 0 Å². The number of amides is 2. The monoisotopic (exact) mass is 1060 g/mol. The molecule has 76 heavy (non-hydrogen) atoms. The zero-order chi connectivity index (χ0) is 53.4. The Labute approximate surface area is 452 Å². The third-order valence-corrected chi connectivity index (χ3v) is 24.2. The molecule has 13 nitrogen and oxygen atoms in total. The zero-order valence-corrected chi connectivity index (χ0v) is 47.5. The number of ether oxygens (including phenoxy) is 8. The van der Waals surface area contributed by atoms with E-state index in [1.165, 1.54) is 10.5 Å². The molecule has 10 aliphatic heterocycles. The number of rotatable bonds is 19. The van der Waals surface area contributed by atoms with E-state index in [1.54, 1.807) is 19.1 Å². The molecule has 0 saturated carbocycles. The molecule has 2 aromatic carbocycles. The molecular formula is C62H85NO12Si. The van der Waals surface area contributed by atoms with Crippen LogP contribution in [0.1, 0.15) is 151 Å². The Hall–Kier alpha value is -3.41. The second-order valence-corrected chi connectivity index (χ2v) is 30.7. The van der Waals surface area contributed by atoms with Gasteiger partial charge in [0.15, 0.2) is 14.1 Å². The van der Waals surface area contributed by atoms with Crippen LogP contribution in [0.15, 0.2) is 78.9 Å². The molecule has 0 N–H and O–H groups in total. The molecule has 14 heteroatoms. The van der Waals surface area contributed by atoms with Gasteiger partial charge in [0.05, 0.1) is 78.7 Å². The van der Waals surface area contributed by atoms with Gasteiger partial charge in [0.1, 0.15) is 36.3 Å². The highest BCUT2D eigenvalue weighted by atomic mass is 28.4. The van der Waals surface area contributed by atoms with E-state index in [0.29, 0.717) is 43.2 Å². The Morgan fingerprint density at radius 2 is 1.45 bits per heavy atom. The van der Waals surface area contributed by atoms with E-state index in [2.05, 4.69) is 91.2 Å². The van der Waals surface area contributed by atoms with Crippen LogP contribution in [-0.2, 0) is 53.5 Å². The molecule has 19 atom stereocenters. The number of Topliss-reactive ketones (excluding diaryl/α,β-unsaturated/α-hetero) is 1. The maximum atomic E-state index is 13.8. The van der Waals surface area contributed by atoms with Crippen LogP contribution in [0, 0.1) is 17.8 Å². The molecule has 2 aromatic rings. The molecule has 0 aromatic heterocycles. The van der Waals surface area contributed by atoms with Crippen LogP contribution in [-0.4, -0.2) is 135 Å². The van der Waals surface area contributed by atoms with Crippen LogP contribution >= 0.6 is 0 Å². The molecule has 414 valence electrons. The highest BCUT2D eigenvalue weighted by Crippen LogP contribution is 2.55. The summed E-state index contributed by atoms with van der Waals surface area (Å²) in [7, 11) is -2.35. The van der Waals surface area contributed by atoms with E-state index in [9.17, 15) is 14.4 Å². The Morgan fingerprint density at radius 3 is 2.17 bits per heavy atom. The lowest BCUT2D eigenvalue weighted by atomic mass is 9.79. The van der Waals surface area contributed by atoms with Crippen LogP contribution < -0.4 is 0 Å². The van der Waals surface area contributed by atoms with Crippen molar-refractivity contribution in [2.24, 2.45) is 17.8 Å². The molecule has 2 amide bonds. The predicted molar refractivity (Wildman–Crippen MR) is 289 cm³/mol. The van der Waals surface area contributed by atoms with Gasteiger partial charge in [0, 0.05) is 32.1 Å². The van der Waals surface area contributed by atoms with Crippen molar-refractivity contribution in [2.75, 3.05) is 6.54 Å². The van der Waals surface area contributed by atoms with E-state index < -0.39 is 20.2 Å². The molecule has 12 rings (SSSR count). The van der Waals surface area contributed by atoms with Gasteiger partial charge in [0.25, 0.3) is 11.8 Å². The van der Waals surface area contributed by atoms with Crippen LogP contribution in [0.5, 0.6) is 0 Å². The average molecular weight is 1060 g/mol. The van der Waals surface area contributed by atoms with Crippen molar-refractivity contribution >= 4 is 25.9 Å². The van der Waals surface area contributed by atoms with Gasteiger partial charge in [0.2, 0.25) is 0 Å². The summed E-state index contributed by atoms with van der Waals surface area (Å²) in [6.45, 7) is 26.7. The highest BCUT2D eigenvalue weighted by molar-refractivity contribution is 6.74. The highest BCUT2D eigenvalue weighted by Gasteiger charge is 2.69. The molecule has 9 fully saturated rings. The van der Waals surface area contributed by atoms with Crippen LogP contribution in [0.2, 0.25) is 18.1 Å². The number of ketones is 1. The SMILES string of the molecule is C=C1C[C@H](CCC23C[C@@H]4O[C@@H]5[C@@H](O[C@H]6CC[C@H](CC(C)=O)O[C@@H]6[C@@H]5O2)[C@H]4O3)OC1CC[C@H]1C[C@@H](C)C(=C)[C@@H](CC2O[C@H](C[C@@H](CN3C(=O)c4ccccc4C3=O)O[Si](C)(C)C(C)(C)C)[C@H](C)C2CCc2ccccc2)O1. The number of carbonyl (C=O) groups is 3. The maximum Gasteiger partial charge on any atom is 0.261 e. The predicted octanol–water partition coefficient (Wildman–Crippen LogP) is 10.7. The number of nitrogens with zero attached hydrogens (tertiary/aromatic N) is 1. The van der Waals surface area contributed by atoms with Gasteiger partial charge >= 0.3 is 0 Å². The minimum atomic E-state index is -2.35. The molecule has 0 spiro atoms. The molecule has 10 heterocycles. The normalized spacial score (nSPS) is 39.2. The lowest BCUT2D eigenvalue weighted by Crippen LogP contribution is -2.61. The molecular weight excluding hydrogens is 979 g/mol. The van der Waals surface area contributed by atoms with Gasteiger partial charge < -0.3 is 42.3 Å².